The molecule has 0 bridgehead atoms. The van der Waals surface area contributed by atoms with Gasteiger partial charge >= 0.3 is 0 Å². The van der Waals surface area contributed by atoms with Crippen LogP contribution in [-0.2, 0) is 4.79 Å². The molecule has 1 aromatic carbocycles. The number of para-hydroxylation sites is 1. The van der Waals surface area contributed by atoms with Gasteiger partial charge in [0.15, 0.2) is 0 Å². The minimum Gasteiger partial charge on any atom is -0.494 e. The average Bonchev–Trinajstić information content (AvgIpc) is 2.58. The van der Waals surface area contributed by atoms with Crippen LogP contribution in [0.1, 0.15) is 58.8 Å². The highest BCUT2D eigenvalue weighted by Crippen LogP contribution is 2.10. The summed E-state index contributed by atoms with van der Waals surface area (Å²) in [6, 6.07) is 9.94. The molecule has 1 aromatic rings. The van der Waals surface area contributed by atoms with Gasteiger partial charge in [-0.25, -0.2) is 0 Å². The quantitative estimate of drug-likeness (QED) is 0.507. The van der Waals surface area contributed by atoms with Crippen molar-refractivity contribution in [3.63, 3.8) is 0 Å². The highest BCUT2D eigenvalue weighted by molar-refractivity contribution is 5.48. The highest BCUT2D eigenvalue weighted by atomic mass is 16.5. The molecule has 0 spiro atoms. The predicted molar refractivity (Wildman–Crippen MR) is 91.8 cm³/mol. The van der Waals surface area contributed by atoms with E-state index in [0.29, 0.717) is 0 Å². The fourth-order valence-corrected chi connectivity index (χ4v) is 1.74. The summed E-state index contributed by atoms with van der Waals surface area (Å²) in [5.41, 5.74) is 4.50. The van der Waals surface area contributed by atoms with E-state index >= 15 is 0 Å². The number of unbranched alkanes of at least 4 members (excludes halogenated alkanes) is 6. The zero-order valence-corrected chi connectivity index (χ0v) is 14.0. The maximum atomic E-state index is 10.1. The summed E-state index contributed by atoms with van der Waals surface area (Å²) >= 11 is 0. The van der Waals surface area contributed by atoms with Gasteiger partial charge in [0.1, 0.15) is 12.0 Å². The summed E-state index contributed by atoms with van der Waals surface area (Å²) < 4.78 is 5.60. The summed E-state index contributed by atoms with van der Waals surface area (Å²) in [5.74, 6) is 0.957. The van der Waals surface area contributed by atoms with Crippen molar-refractivity contribution in [2.24, 2.45) is 5.73 Å². The zero-order valence-electron chi connectivity index (χ0n) is 14.0. The molecule has 1 rings (SSSR count). The molecule has 0 saturated carbocycles. The lowest BCUT2D eigenvalue weighted by atomic mass is 10.1. The maximum Gasteiger partial charge on any atom is 0.119 e. The van der Waals surface area contributed by atoms with Gasteiger partial charge in [-0.05, 0) is 32.0 Å². The van der Waals surface area contributed by atoms with E-state index in [2.05, 4.69) is 5.73 Å². The zero-order chi connectivity index (χ0) is 16.2. The molecule has 0 atom stereocenters. The summed E-state index contributed by atoms with van der Waals surface area (Å²) in [7, 11) is 1.50. The fourth-order valence-electron chi connectivity index (χ4n) is 1.74. The molecule has 3 nitrogen and oxygen atoms in total. The Hall–Kier alpha value is -1.35. The van der Waals surface area contributed by atoms with Crippen LogP contribution in [0.15, 0.2) is 30.3 Å². The first-order valence-corrected chi connectivity index (χ1v) is 8.12. The molecule has 0 aliphatic rings. The van der Waals surface area contributed by atoms with Crippen LogP contribution in [0.25, 0.3) is 0 Å². The summed E-state index contributed by atoms with van der Waals surface area (Å²) in [4.78, 5) is 10.1. The molecule has 0 aromatic heterocycles. The average molecular weight is 295 g/mol. The van der Waals surface area contributed by atoms with Crippen LogP contribution in [-0.4, -0.2) is 19.9 Å². The van der Waals surface area contributed by atoms with Crippen LogP contribution in [0.5, 0.6) is 5.75 Å². The number of carbonyl (C=O) groups is 1. The van der Waals surface area contributed by atoms with E-state index < -0.39 is 0 Å². The molecular formula is C18H33NO2. The van der Waals surface area contributed by atoms with Gasteiger partial charge in [-0.2, -0.15) is 0 Å². The molecule has 122 valence electrons. The third-order valence-corrected chi connectivity index (χ3v) is 2.73. The molecule has 0 unspecified atom stereocenters. The van der Waals surface area contributed by atoms with Crippen LogP contribution >= 0.6 is 0 Å². The van der Waals surface area contributed by atoms with E-state index in [0.717, 1.165) is 37.9 Å². The Morgan fingerprint density at radius 2 is 1.43 bits per heavy atom. The van der Waals surface area contributed by atoms with E-state index in [4.69, 9.17) is 4.74 Å². The van der Waals surface area contributed by atoms with Crippen molar-refractivity contribution in [3.05, 3.63) is 30.3 Å². The topological polar surface area (TPSA) is 52.3 Å². The van der Waals surface area contributed by atoms with E-state index in [-0.39, 0.29) is 0 Å². The number of benzene rings is 1. The minimum atomic E-state index is 0.719. The Morgan fingerprint density at radius 1 is 0.905 bits per heavy atom. The number of ether oxygens (including phenoxy) is 1. The van der Waals surface area contributed by atoms with Gasteiger partial charge in [0, 0.05) is 6.42 Å². The third-order valence-electron chi connectivity index (χ3n) is 2.73. The normalized spacial score (nSPS) is 8.76. The highest BCUT2D eigenvalue weighted by Gasteiger charge is 1.93. The molecular weight excluding hydrogens is 262 g/mol. The Morgan fingerprint density at radius 3 is 2.00 bits per heavy atom. The van der Waals surface area contributed by atoms with Gasteiger partial charge in [0.05, 0.1) is 6.61 Å². The smallest absolute Gasteiger partial charge is 0.119 e. The molecule has 0 heterocycles. The van der Waals surface area contributed by atoms with Gasteiger partial charge in [0.2, 0.25) is 0 Å². The van der Waals surface area contributed by atoms with Crippen molar-refractivity contribution in [1.29, 1.82) is 0 Å². The Bertz CT molecular complexity index is 289. The molecule has 0 aliphatic carbocycles. The van der Waals surface area contributed by atoms with E-state index in [1.807, 2.05) is 44.2 Å². The number of aldehydes is 1. The van der Waals surface area contributed by atoms with Crippen LogP contribution in [0, 0.1) is 0 Å². The number of rotatable bonds is 10. The van der Waals surface area contributed by atoms with Gasteiger partial charge in [-0.3, -0.25) is 0 Å². The molecule has 0 saturated heterocycles. The number of hydrogen-bond acceptors (Lipinski definition) is 3. The number of nitrogens with two attached hydrogens (primary N) is 1. The van der Waals surface area contributed by atoms with Crippen molar-refractivity contribution in [3.8, 4) is 5.75 Å². The molecule has 0 fully saturated rings. The number of hydrogen-bond donors (Lipinski definition) is 1. The third kappa shape index (κ3) is 16.6. The predicted octanol–water partition coefficient (Wildman–Crippen LogP) is 4.60. The van der Waals surface area contributed by atoms with Crippen molar-refractivity contribution in [1.82, 2.24) is 0 Å². The Balaban J connectivity index is 0. The van der Waals surface area contributed by atoms with E-state index in [9.17, 15) is 4.79 Å². The van der Waals surface area contributed by atoms with Crippen LogP contribution in [0.2, 0.25) is 0 Å². The fraction of sp³-hybridized carbons (Fsp3) is 0.611. The lowest BCUT2D eigenvalue weighted by Crippen LogP contribution is -1.96. The minimum absolute atomic E-state index is 0.719. The first-order valence-electron chi connectivity index (χ1n) is 8.12. The molecule has 0 radical (unpaired) electrons. The van der Waals surface area contributed by atoms with Gasteiger partial charge in [0.25, 0.3) is 0 Å². The molecule has 0 aliphatic heterocycles. The van der Waals surface area contributed by atoms with Crippen LogP contribution < -0.4 is 10.5 Å². The van der Waals surface area contributed by atoms with Crippen molar-refractivity contribution >= 4 is 6.29 Å². The SMILES string of the molecule is CC.CN.O=CCCCCCCCCOc1ccccc1. The monoisotopic (exact) mass is 295 g/mol. The molecule has 3 heteroatoms. The van der Waals surface area contributed by atoms with Crippen molar-refractivity contribution in [2.45, 2.75) is 58.8 Å². The molecule has 21 heavy (non-hydrogen) atoms. The van der Waals surface area contributed by atoms with Gasteiger partial charge in [-0.1, -0.05) is 57.7 Å². The summed E-state index contributed by atoms with van der Waals surface area (Å²) in [6.07, 6.45) is 8.76. The van der Waals surface area contributed by atoms with Crippen molar-refractivity contribution in [2.75, 3.05) is 13.7 Å². The van der Waals surface area contributed by atoms with Crippen LogP contribution in [0.4, 0.5) is 0 Å². The van der Waals surface area contributed by atoms with E-state index in [1.54, 1.807) is 0 Å². The molecule has 0 amide bonds. The van der Waals surface area contributed by atoms with Crippen LogP contribution in [0.3, 0.4) is 0 Å². The second-order valence-corrected chi connectivity index (χ2v) is 4.24. The summed E-state index contributed by atoms with van der Waals surface area (Å²) in [6.45, 7) is 4.80. The summed E-state index contributed by atoms with van der Waals surface area (Å²) in [5, 5.41) is 0. The standard InChI is InChI=1S/C15H22O2.C2H6.CH5N/c16-13-9-4-2-1-3-5-10-14-17-15-11-7-6-8-12-15;2*1-2/h6-8,11-13H,1-5,9-10,14H2;1-2H3;2H2,1H3. The first kappa shape index (κ1) is 21.9. The van der Waals surface area contributed by atoms with E-state index in [1.165, 1.54) is 32.7 Å². The lowest BCUT2D eigenvalue weighted by Gasteiger charge is -2.05. The lowest BCUT2D eigenvalue weighted by molar-refractivity contribution is -0.107. The van der Waals surface area contributed by atoms with Gasteiger partial charge in [-0.15, -0.1) is 0 Å². The Kier molecular flexibility index (Phi) is 21.9. The second-order valence-electron chi connectivity index (χ2n) is 4.24. The Labute approximate surface area is 130 Å². The largest absolute Gasteiger partial charge is 0.494 e. The van der Waals surface area contributed by atoms with Gasteiger partial charge < -0.3 is 15.3 Å². The van der Waals surface area contributed by atoms with Crippen molar-refractivity contribution < 1.29 is 9.53 Å². The first-order chi connectivity index (χ1) is 10.4. The molecule has 2 N–H and O–H groups in total. The number of carbonyl (C=O) groups excluding carboxylic acids is 1. The maximum absolute atomic E-state index is 10.1. The second kappa shape index (κ2) is 21.0.